The van der Waals surface area contributed by atoms with Crippen LogP contribution in [0.4, 0.5) is 0 Å². The number of carbonyl (C=O) groups is 1. The van der Waals surface area contributed by atoms with E-state index < -0.39 is 6.10 Å². The van der Waals surface area contributed by atoms with Crippen molar-refractivity contribution in [3.63, 3.8) is 0 Å². The summed E-state index contributed by atoms with van der Waals surface area (Å²) in [4.78, 5) is 11.3. The average molecular weight is 234 g/mol. The maximum atomic E-state index is 11.3. The molecule has 1 aromatic carbocycles. The molecule has 0 aliphatic carbocycles. The molecule has 1 unspecified atom stereocenters. The molecule has 0 aliphatic rings. The molecule has 92 valence electrons. The zero-order chi connectivity index (χ0) is 12.8. The van der Waals surface area contributed by atoms with Crippen LogP contribution in [0.25, 0.3) is 0 Å². The highest BCUT2D eigenvalue weighted by molar-refractivity contribution is 5.94. The number of carbonyl (C=O) groups excluding carboxylic acids is 1. The number of rotatable bonds is 6. The fraction of sp³-hybridized carbons (Fsp3) is 0.357. The fourth-order valence-corrected chi connectivity index (χ4v) is 1.27. The van der Waals surface area contributed by atoms with E-state index in [-0.39, 0.29) is 18.8 Å². The fourth-order valence-electron chi connectivity index (χ4n) is 1.27. The number of aliphatic hydroxyl groups excluding tert-OH is 1. The Kier molecular flexibility index (Phi) is 4.91. The topological polar surface area (TPSA) is 46.5 Å². The SMILES string of the molecule is C=C(C)C(=O)CC(O)COc1ccc(C)cc1. The highest BCUT2D eigenvalue weighted by Gasteiger charge is 2.11. The van der Waals surface area contributed by atoms with E-state index in [1.807, 2.05) is 31.2 Å². The zero-order valence-corrected chi connectivity index (χ0v) is 10.3. The van der Waals surface area contributed by atoms with Crippen molar-refractivity contribution in [2.45, 2.75) is 26.4 Å². The molecular formula is C14H18O3. The standard InChI is InChI=1S/C14H18O3/c1-10(2)14(16)8-12(15)9-17-13-6-4-11(3)5-7-13/h4-7,12,15H,1,8-9H2,2-3H3. The maximum Gasteiger partial charge on any atom is 0.160 e. The van der Waals surface area contributed by atoms with Gasteiger partial charge in [-0.2, -0.15) is 0 Å². The van der Waals surface area contributed by atoms with Crippen molar-refractivity contribution >= 4 is 5.78 Å². The monoisotopic (exact) mass is 234 g/mol. The van der Waals surface area contributed by atoms with Crippen molar-refractivity contribution in [2.24, 2.45) is 0 Å². The lowest BCUT2D eigenvalue weighted by molar-refractivity contribution is -0.117. The maximum absolute atomic E-state index is 11.3. The summed E-state index contributed by atoms with van der Waals surface area (Å²) >= 11 is 0. The summed E-state index contributed by atoms with van der Waals surface area (Å²) in [5, 5.41) is 9.60. The van der Waals surface area contributed by atoms with Crippen LogP contribution >= 0.6 is 0 Å². The first kappa shape index (κ1) is 13.5. The van der Waals surface area contributed by atoms with Gasteiger partial charge >= 0.3 is 0 Å². The third-order valence-electron chi connectivity index (χ3n) is 2.36. The number of hydrogen-bond acceptors (Lipinski definition) is 3. The second-order valence-electron chi connectivity index (χ2n) is 4.19. The molecule has 3 nitrogen and oxygen atoms in total. The molecule has 0 fully saturated rings. The average Bonchev–Trinajstić information content (AvgIpc) is 2.28. The Balaban J connectivity index is 2.38. The summed E-state index contributed by atoms with van der Waals surface area (Å²) in [6.45, 7) is 7.27. The van der Waals surface area contributed by atoms with Crippen LogP contribution in [0.1, 0.15) is 18.9 Å². The summed E-state index contributed by atoms with van der Waals surface area (Å²) < 4.78 is 5.37. The normalized spacial score (nSPS) is 11.9. The summed E-state index contributed by atoms with van der Waals surface area (Å²) in [6.07, 6.45) is -0.734. The van der Waals surface area contributed by atoms with Gasteiger partial charge in [-0.15, -0.1) is 0 Å². The Morgan fingerprint density at radius 2 is 2.00 bits per heavy atom. The molecule has 0 aromatic heterocycles. The molecule has 0 saturated carbocycles. The van der Waals surface area contributed by atoms with Gasteiger partial charge < -0.3 is 9.84 Å². The number of aryl methyl sites for hydroxylation is 1. The molecular weight excluding hydrogens is 216 g/mol. The lowest BCUT2D eigenvalue weighted by atomic mass is 10.1. The van der Waals surface area contributed by atoms with Crippen LogP contribution in [-0.4, -0.2) is 23.6 Å². The van der Waals surface area contributed by atoms with E-state index in [2.05, 4.69) is 6.58 Å². The number of Topliss-reactive ketones (excluding diaryl/α,β-unsaturated/α-hetero) is 1. The van der Waals surface area contributed by atoms with Gasteiger partial charge in [-0.25, -0.2) is 0 Å². The second-order valence-corrected chi connectivity index (χ2v) is 4.19. The quantitative estimate of drug-likeness (QED) is 0.768. The molecule has 1 rings (SSSR count). The highest BCUT2D eigenvalue weighted by Crippen LogP contribution is 2.12. The van der Waals surface area contributed by atoms with E-state index in [9.17, 15) is 9.90 Å². The van der Waals surface area contributed by atoms with Crippen LogP contribution in [-0.2, 0) is 4.79 Å². The van der Waals surface area contributed by atoms with Crippen molar-refractivity contribution in [3.05, 3.63) is 42.0 Å². The van der Waals surface area contributed by atoms with Crippen molar-refractivity contribution in [3.8, 4) is 5.75 Å². The van der Waals surface area contributed by atoms with Gasteiger partial charge in [0.1, 0.15) is 12.4 Å². The van der Waals surface area contributed by atoms with Gasteiger partial charge in [0.2, 0.25) is 0 Å². The molecule has 0 radical (unpaired) electrons. The Morgan fingerprint density at radius 3 is 2.53 bits per heavy atom. The smallest absolute Gasteiger partial charge is 0.160 e. The molecule has 0 heterocycles. The van der Waals surface area contributed by atoms with E-state index in [1.165, 1.54) is 0 Å². The number of allylic oxidation sites excluding steroid dienone is 1. The van der Waals surface area contributed by atoms with E-state index in [4.69, 9.17) is 4.74 Å². The van der Waals surface area contributed by atoms with Crippen molar-refractivity contribution in [1.29, 1.82) is 0 Å². The van der Waals surface area contributed by atoms with Gasteiger partial charge in [0.25, 0.3) is 0 Å². The van der Waals surface area contributed by atoms with Crippen molar-refractivity contribution in [2.75, 3.05) is 6.61 Å². The van der Waals surface area contributed by atoms with Crippen LogP contribution in [0, 0.1) is 6.92 Å². The molecule has 1 atom stereocenters. The van der Waals surface area contributed by atoms with Gasteiger partial charge in [-0.3, -0.25) is 4.79 Å². The summed E-state index contributed by atoms with van der Waals surface area (Å²) in [6, 6.07) is 7.53. The molecule has 0 spiro atoms. The number of ether oxygens (including phenoxy) is 1. The van der Waals surface area contributed by atoms with Gasteiger partial charge in [-0.05, 0) is 31.6 Å². The molecule has 17 heavy (non-hydrogen) atoms. The van der Waals surface area contributed by atoms with Crippen LogP contribution in [0.2, 0.25) is 0 Å². The van der Waals surface area contributed by atoms with E-state index in [0.29, 0.717) is 11.3 Å². The number of ketones is 1. The second kappa shape index (κ2) is 6.21. The minimum absolute atomic E-state index is 0.0567. The molecule has 1 aromatic rings. The minimum Gasteiger partial charge on any atom is -0.491 e. The number of hydrogen-bond donors (Lipinski definition) is 1. The molecule has 3 heteroatoms. The van der Waals surface area contributed by atoms with Gasteiger partial charge in [0.15, 0.2) is 5.78 Å². The van der Waals surface area contributed by atoms with Crippen LogP contribution in [0.3, 0.4) is 0 Å². The largest absolute Gasteiger partial charge is 0.491 e. The van der Waals surface area contributed by atoms with E-state index in [0.717, 1.165) is 5.56 Å². The molecule has 0 saturated heterocycles. The lowest BCUT2D eigenvalue weighted by Gasteiger charge is -2.11. The summed E-state index contributed by atoms with van der Waals surface area (Å²) in [5.41, 5.74) is 1.61. The van der Waals surface area contributed by atoms with Crippen LogP contribution in [0.5, 0.6) is 5.75 Å². The Hall–Kier alpha value is -1.61. The third kappa shape index (κ3) is 4.83. The Morgan fingerprint density at radius 1 is 1.41 bits per heavy atom. The first-order valence-electron chi connectivity index (χ1n) is 5.55. The predicted molar refractivity (Wildman–Crippen MR) is 67.1 cm³/mol. The summed E-state index contributed by atoms with van der Waals surface area (Å²) in [5.74, 6) is 0.558. The van der Waals surface area contributed by atoms with Gasteiger partial charge in [0, 0.05) is 6.42 Å². The molecule has 0 aliphatic heterocycles. The van der Waals surface area contributed by atoms with Crippen molar-refractivity contribution in [1.82, 2.24) is 0 Å². The van der Waals surface area contributed by atoms with Crippen molar-refractivity contribution < 1.29 is 14.6 Å². The third-order valence-corrected chi connectivity index (χ3v) is 2.36. The first-order chi connectivity index (χ1) is 7.99. The molecule has 0 bridgehead atoms. The number of aliphatic hydroxyl groups is 1. The molecule has 0 amide bonds. The minimum atomic E-state index is -0.791. The number of benzene rings is 1. The highest BCUT2D eigenvalue weighted by atomic mass is 16.5. The predicted octanol–water partition coefficient (Wildman–Crippen LogP) is 2.27. The zero-order valence-electron chi connectivity index (χ0n) is 10.3. The Labute approximate surface area is 102 Å². The molecule has 1 N–H and O–H groups in total. The van der Waals surface area contributed by atoms with Gasteiger partial charge in [-0.1, -0.05) is 24.3 Å². The Bertz CT molecular complexity index is 392. The van der Waals surface area contributed by atoms with Crippen LogP contribution < -0.4 is 4.74 Å². The van der Waals surface area contributed by atoms with E-state index in [1.54, 1.807) is 6.92 Å². The van der Waals surface area contributed by atoms with Gasteiger partial charge in [0.05, 0.1) is 6.10 Å². The van der Waals surface area contributed by atoms with E-state index >= 15 is 0 Å². The van der Waals surface area contributed by atoms with Crippen LogP contribution in [0.15, 0.2) is 36.4 Å². The summed E-state index contributed by atoms with van der Waals surface area (Å²) in [7, 11) is 0. The lowest BCUT2D eigenvalue weighted by Crippen LogP contribution is -2.21. The first-order valence-corrected chi connectivity index (χ1v) is 5.55.